The van der Waals surface area contributed by atoms with E-state index in [-0.39, 0.29) is 0 Å². The maximum absolute atomic E-state index is 10.7. The molecule has 8 heteroatoms. The summed E-state index contributed by atoms with van der Waals surface area (Å²) < 4.78 is 60.0. The highest BCUT2D eigenvalue weighted by Gasteiger charge is 2.36. The van der Waals surface area contributed by atoms with Crippen LogP contribution in [0.3, 0.4) is 0 Å². The van der Waals surface area contributed by atoms with Crippen LogP contribution in [0, 0.1) is 0 Å². The first kappa shape index (κ1) is 23.9. The molecule has 0 N–H and O–H groups in total. The second kappa shape index (κ2) is 11.2. The van der Waals surface area contributed by atoms with E-state index in [1.54, 1.807) is 0 Å². The van der Waals surface area contributed by atoms with Crippen LogP contribution in [0.25, 0.3) is 0 Å². The fourth-order valence-electron chi connectivity index (χ4n) is 1.72. The summed E-state index contributed by atoms with van der Waals surface area (Å²) in [6, 6.07) is 0. The molecule has 0 radical (unpaired) electrons. The molecule has 136 valence electrons. The predicted octanol–water partition coefficient (Wildman–Crippen LogP) is 3.88. The summed E-state index contributed by atoms with van der Waals surface area (Å²) in [7, 11) is 0.747. The molecule has 0 saturated carbocycles. The van der Waals surface area contributed by atoms with Crippen LogP contribution in [0.2, 0.25) is 0 Å². The second-order valence-electron chi connectivity index (χ2n) is 6.39. The van der Waals surface area contributed by atoms with Crippen molar-refractivity contribution in [1.29, 1.82) is 0 Å². The zero-order valence-electron chi connectivity index (χ0n) is 14.1. The van der Waals surface area contributed by atoms with Gasteiger partial charge in [0.1, 0.15) is 0 Å². The lowest BCUT2D eigenvalue weighted by Crippen LogP contribution is -2.35. The van der Waals surface area contributed by atoms with Crippen LogP contribution in [0.1, 0.15) is 58.3 Å². The molecule has 0 amide bonds. The maximum Gasteiger partial charge on any atom is 0.485 e. The van der Waals surface area contributed by atoms with Crippen LogP contribution in [-0.4, -0.2) is 50.6 Å². The van der Waals surface area contributed by atoms with E-state index < -0.39 is 15.6 Å². The fraction of sp³-hybridized carbons (Fsp3) is 1.00. The number of hydrogen-bond acceptors (Lipinski definition) is 3. The van der Waals surface area contributed by atoms with Crippen molar-refractivity contribution in [2.45, 2.75) is 63.8 Å². The van der Waals surface area contributed by atoms with Gasteiger partial charge in [-0.15, -0.1) is 0 Å². The van der Waals surface area contributed by atoms with Gasteiger partial charge in [0.25, 0.3) is 0 Å². The van der Waals surface area contributed by atoms with Crippen molar-refractivity contribution in [3.63, 3.8) is 0 Å². The van der Waals surface area contributed by atoms with Gasteiger partial charge in [-0.1, -0.05) is 45.4 Å². The van der Waals surface area contributed by atoms with Gasteiger partial charge in [-0.2, -0.15) is 13.2 Å². The van der Waals surface area contributed by atoms with Crippen molar-refractivity contribution >= 4 is 10.1 Å². The van der Waals surface area contributed by atoms with E-state index in [1.807, 2.05) is 0 Å². The van der Waals surface area contributed by atoms with Crippen molar-refractivity contribution in [1.82, 2.24) is 0 Å². The van der Waals surface area contributed by atoms with E-state index in [9.17, 15) is 13.2 Å². The third-order valence-electron chi connectivity index (χ3n) is 2.97. The van der Waals surface area contributed by atoms with Crippen LogP contribution in [0.15, 0.2) is 0 Å². The molecule has 0 rings (SSSR count). The Morgan fingerprint density at radius 2 is 1.18 bits per heavy atom. The third kappa shape index (κ3) is 17.7. The summed E-state index contributed by atoms with van der Waals surface area (Å²) in [5.41, 5.74) is -5.65. The van der Waals surface area contributed by atoms with Crippen LogP contribution in [0.5, 0.6) is 0 Å². The first-order chi connectivity index (χ1) is 9.81. The molecule has 0 bridgehead atoms. The summed E-state index contributed by atoms with van der Waals surface area (Å²) in [5.74, 6) is 0. The molecule has 0 aromatic heterocycles. The molecule has 0 saturated heterocycles. The highest BCUT2D eigenvalue weighted by atomic mass is 32.2. The van der Waals surface area contributed by atoms with E-state index in [0.717, 1.165) is 4.48 Å². The molecule has 0 fully saturated rings. The molecule has 0 aliphatic carbocycles. The van der Waals surface area contributed by atoms with Gasteiger partial charge >= 0.3 is 5.51 Å². The lowest BCUT2D eigenvalue weighted by atomic mass is 10.1. The lowest BCUT2D eigenvalue weighted by molar-refractivity contribution is -0.870. The Morgan fingerprint density at radius 1 is 0.864 bits per heavy atom. The first-order valence-corrected chi connectivity index (χ1v) is 9.04. The smallest absolute Gasteiger partial charge is 0.485 e. The minimum absolute atomic E-state index is 1.12. The molecule has 0 heterocycles. The van der Waals surface area contributed by atoms with E-state index in [0.29, 0.717) is 0 Å². The normalized spacial score (nSPS) is 12.7. The van der Waals surface area contributed by atoms with Crippen LogP contribution < -0.4 is 0 Å². The van der Waals surface area contributed by atoms with Crippen molar-refractivity contribution in [3.05, 3.63) is 0 Å². The summed E-state index contributed by atoms with van der Waals surface area (Å²) in [5, 5.41) is 0. The van der Waals surface area contributed by atoms with Gasteiger partial charge in [0.15, 0.2) is 10.1 Å². The number of halogens is 3. The van der Waals surface area contributed by atoms with Gasteiger partial charge in [0.2, 0.25) is 0 Å². The molecule has 0 aliphatic rings. The van der Waals surface area contributed by atoms with Gasteiger partial charge in [-0.25, -0.2) is 8.42 Å². The average Bonchev–Trinajstić information content (AvgIpc) is 2.29. The van der Waals surface area contributed by atoms with Crippen LogP contribution in [0.4, 0.5) is 13.2 Å². The third-order valence-corrected chi connectivity index (χ3v) is 3.53. The minimum atomic E-state index is -6.09. The van der Waals surface area contributed by atoms with Gasteiger partial charge in [0.05, 0.1) is 27.7 Å². The Kier molecular flexibility index (Phi) is 12.2. The number of nitrogens with zero attached hydrogens (tertiary/aromatic N) is 1. The molecule has 4 nitrogen and oxygen atoms in total. The van der Waals surface area contributed by atoms with Crippen molar-refractivity contribution < 1.29 is 30.6 Å². The zero-order chi connectivity index (χ0) is 17.9. The molecule has 22 heavy (non-hydrogen) atoms. The molecular weight excluding hydrogens is 319 g/mol. The van der Waals surface area contributed by atoms with Gasteiger partial charge in [0, 0.05) is 0 Å². The summed E-state index contributed by atoms with van der Waals surface area (Å²) in [6.45, 7) is 3.61. The molecular formula is C14H30F3NO3S. The highest BCUT2D eigenvalue weighted by molar-refractivity contribution is 7.86. The molecule has 0 atom stereocenters. The Bertz CT molecular complexity index is 363. The number of rotatable bonds is 9. The number of unbranched alkanes of at least 4 members (excludes halogenated alkanes) is 7. The topological polar surface area (TPSA) is 57.2 Å². The fourth-order valence-corrected chi connectivity index (χ4v) is 1.72. The Hall–Kier alpha value is -0.340. The van der Waals surface area contributed by atoms with E-state index in [2.05, 4.69) is 28.1 Å². The SMILES string of the molecule is CCCCCCCCCC[N+](C)(C)C.O=S(=O)([O-])C(F)(F)F. The lowest BCUT2D eigenvalue weighted by Gasteiger charge is -2.23. The molecule has 0 aliphatic heterocycles. The van der Waals surface area contributed by atoms with E-state index >= 15 is 0 Å². The van der Waals surface area contributed by atoms with E-state index in [1.165, 1.54) is 57.9 Å². The molecule has 0 unspecified atom stereocenters. The standard InChI is InChI=1S/C13H30N.CHF3O3S/c1-5-6-7-8-9-10-11-12-13-14(2,3)4;2-1(3,4)8(5,6)7/h5-13H2,1-4H3;(H,5,6,7)/q+1;/p-1. The van der Waals surface area contributed by atoms with Gasteiger partial charge in [-0.3, -0.25) is 0 Å². The molecule has 0 aromatic rings. The van der Waals surface area contributed by atoms with E-state index in [4.69, 9.17) is 13.0 Å². The Balaban J connectivity index is 0. The number of quaternary nitrogens is 1. The van der Waals surface area contributed by atoms with Crippen LogP contribution >= 0.6 is 0 Å². The Labute approximate surface area is 133 Å². The second-order valence-corrected chi connectivity index (χ2v) is 7.76. The summed E-state index contributed by atoms with van der Waals surface area (Å²) in [4.78, 5) is 0. The maximum atomic E-state index is 10.7. The van der Waals surface area contributed by atoms with Crippen molar-refractivity contribution in [3.8, 4) is 0 Å². The monoisotopic (exact) mass is 349 g/mol. The highest BCUT2D eigenvalue weighted by Crippen LogP contribution is 2.20. The zero-order valence-corrected chi connectivity index (χ0v) is 14.9. The van der Waals surface area contributed by atoms with Gasteiger partial charge < -0.3 is 9.04 Å². The molecule has 0 spiro atoms. The van der Waals surface area contributed by atoms with Crippen molar-refractivity contribution in [2.75, 3.05) is 27.7 Å². The number of hydrogen-bond donors (Lipinski definition) is 0. The minimum Gasteiger partial charge on any atom is -0.741 e. The quantitative estimate of drug-likeness (QED) is 0.275. The number of alkyl halides is 3. The largest absolute Gasteiger partial charge is 0.741 e. The summed E-state index contributed by atoms with van der Waals surface area (Å²) >= 11 is 0. The predicted molar refractivity (Wildman–Crippen MR) is 81.3 cm³/mol. The van der Waals surface area contributed by atoms with Crippen LogP contribution in [-0.2, 0) is 10.1 Å². The van der Waals surface area contributed by atoms with Crippen molar-refractivity contribution in [2.24, 2.45) is 0 Å². The van der Waals surface area contributed by atoms with Gasteiger partial charge in [-0.05, 0) is 12.8 Å². The first-order valence-electron chi connectivity index (χ1n) is 7.64. The average molecular weight is 349 g/mol. The Morgan fingerprint density at radius 3 is 1.45 bits per heavy atom. The molecule has 0 aromatic carbocycles. The summed E-state index contributed by atoms with van der Waals surface area (Å²) in [6.07, 6.45) is 11.4.